The average molecular weight is 247 g/mol. The highest BCUT2D eigenvalue weighted by molar-refractivity contribution is 5.49. The summed E-state index contributed by atoms with van der Waals surface area (Å²) in [4.78, 5) is 2.57. The zero-order chi connectivity index (χ0) is 12.8. The molecule has 1 atom stereocenters. The molecule has 2 rings (SSSR count). The summed E-state index contributed by atoms with van der Waals surface area (Å²) < 4.78 is 0. The van der Waals surface area contributed by atoms with Gasteiger partial charge in [-0.3, -0.25) is 0 Å². The van der Waals surface area contributed by atoms with Gasteiger partial charge in [0.05, 0.1) is 0 Å². The maximum Gasteiger partial charge on any atom is 0.0434 e. The molecule has 0 aliphatic carbocycles. The lowest BCUT2D eigenvalue weighted by Crippen LogP contribution is -2.39. The molecule has 0 spiro atoms. The number of rotatable bonds is 5. The van der Waals surface area contributed by atoms with Crippen LogP contribution in [0.3, 0.4) is 0 Å². The quantitative estimate of drug-likeness (QED) is 0.862. The van der Waals surface area contributed by atoms with Crippen molar-refractivity contribution in [1.29, 1.82) is 0 Å². The highest BCUT2D eigenvalue weighted by atomic mass is 16.2. The number of hydrogen-bond acceptors (Lipinski definition) is 2. The average Bonchev–Trinajstić information content (AvgIpc) is 2.45. The molecule has 0 radical (unpaired) electrons. The minimum atomic E-state index is 0.284. The van der Waals surface area contributed by atoms with Crippen LogP contribution in [0.1, 0.15) is 44.6 Å². The van der Waals surface area contributed by atoms with Crippen molar-refractivity contribution in [3.8, 4) is 0 Å². The van der Waals surface area contributed by atoms with Crippen LogP contribution >= 0.6 is 0 Å². The smallest absolute Gasteiger partial charge is 0.0434 e. The molecule has 1 N–H and O–H groups in total. The number of aliphatic hydroxyl groups excluding tert-OH is 1. The number of nitrogens with zero attached hydrogens (tertiary/aromatic N) is 1. The maximum atomic E-state index is 8.84. The van der Waals surface area contributed by atoms with Crippen LogP contribution in [0.15, 0.2) is 24.3 Å². The molecule has 0 amide bonds. The van der Waals surface area contributed by atoms with Gasteiger partial charge in [0.25, 0.3) is 0 Å². The first-order valence-electron chi connectivity index (χ1n) is 7.31. The summed E-state index contributed by atoms with van der Waals surface area (Å²) in [5, 5.41) is 8.84. The van der Waals surface area contributed by atoms with E-state index in [2.05, 4.69) is 36.1 Å². The lowest BCUT2D eigenvalue weighted by Gasteiger charge is -2.37. The lowest BCUT2D eigenvalue weighted by molar-refractivity contribution is 0.288. The predicted molar refractivity (Wildman–Crippen MR) is 77.1 cm³/mol. The second-order valence-electron chi connectivity index (χ2n) is 5.24. The molecule has 1 saturated heterocycles. The Hall–Kier alpha value is -1.02. The van der Waals surface area contributed by atoms with Crippen molar-refractivity contribution in [2.24, 2.45) is 0 Å². The van der Waals surface area contributed by atoms with Crippen LogP contribution in [0.5, 0.6) is 0 Å². The number of aliphatic hydroxyl groups is 1. The Balaban J connectivity index is 2.03. The highest BCUT2D eigenvalue weighted by Crippen LogP contribution is 2.26. The molecule has 1 heterocycles. The number of benzene rings is 1. The van der Waals surface area contributed by atoms with Crippen molar-refractivity contribution >= 4 is 5.69 Å². The van der Waals surface area contributed by atoms with Gasteiger partial charge in [0.2, 0.25) is 0 Å². The zero-order valence-corrected chi connectivity index (χ0v) is 11.4. The molecule has 0 aromatic heterocycles. The second kappa shape index (κ2) is 6.79. The fourth-order valence-corrected chi connectivity index (χ4v) is 2.90. The Morgan fingerprint density at radius 3 is 2.67 bits per heavy atom. The van der Waals surface area contributed by atoms with E-state index >= 15 is 0 Å². The Morgan fingerprint density at radius 2 is 2.00 bits per heavy atom. The number of hydrogen-bond donors (Lipinski definition) is 1. The van der Waals surface area contributed by atoms with Gasteiger partial charge in [-0.25, -0.2) is 0 Å². The monoisotopic (exact) mass is 247 g/mol. The molecule has 1 fully saturated rings. The predicted octanol–water partition coefficient (Wildman–Crippen LogP) is 3.38. The first-order valence-corrected chi connectivity index (χ1v) is 7.31. The van der Waals surface area contributed by atoms with Crippen molar-refractivity contribution in [3.05, 3.63) is 29.8 Å². The van der Waals surface area contributed by atoms with Crippen LogP contribution in [0.2, 0.25) is 0 Å². The van der Waals surface area contributed by atoms with Gasteiger partial charge in [-0.2, -0.15) is 0 Å². The topological polar surface area (TPSA) is 23.5 Å². The third-order valence-corrected chi connectivity index (χ3v) is 3.99. The molecule has 2 heteroatoms. The standard InChI is InChI=1S/C16H25NO/c1-2-15-7-3-4-12-17(15)16-10-8-14(9-11-16)6-5-13-18/h8-11,15,18H,2-7,12-13H2,1H3. The van der Waals surface area contributed by atoms with Gasteiger partial charge in [0.15, 0.2) is 0 Å². The minimum absolute atomic E-state index is 0.284. The largest absolute Gasteiger partial charge is 0.396 e. The van der Waals surface area contributed by atoms with Crippen LogP contribution in [0, 0.1) is 0 Å². The first-order chi connectivity index (χ1) is 8.85. The Morgan fingerprint density at radius 1 is 1.22 bits per heavy atom. The van der Waals surface area contributed by atoms with Crippen LogP contribution in [0.4, 0.5) is 5.69 Å². The molecular formula is C16H25NO. The van der Waals surface area contributed by atoms with Gasteiger partial charge in [-0.1, -0.05) is 19.1 Å². The summed E-state index contributed by atoms with van der Waals surface area (Å²) in [5.74, 6) is 0. The van der Waals surface area contributed by atoms with Crippen LogP contribution < -0.4 is 4.90 Å². The van der Waals surface area contributed by atoms with Crippen LogP contribution in [-0.2, 0) is 6.42 Å². The molecule has 1 unspecified atom stereocenters. The zero-order valence-electron chi connectivity index (χ0n) is 11.4. The van der Waals surface area contributed by atoms with E-state index in [9.17, 15) is 0 Å². The summed E-state index contributed by atoms with van der Waals surface area (Å²) >= 11 is 0. The third kappa shape index (κ3) is 3.26. The summed E-state index contributed by atoms with van der Waals surface area (Å²) in [5.41, 5.74) is 2.70. The van der Waals surface area contributed by atoms with E-state index in [1.165, 1.54) is 43.5 Å². The van der Waals surface area contributed by atoms with Crippen molar-refractivity contribution in [2.75, 3.05) is 18.1 Å². The SMILES string of the molecule is CCC1CCCCN1c1ccc(CCCO)cc1. The summed E-state index contributed by atoms with van der Waals surface area (Å²) in [7, 11) is 0. The summed E-state index contributed by atoms with van der Waals surface area (Å²) in [6.07, 6.45) is 7.12. The highest BCUT2D eigenvalue weighted by Gasteiger charge is 2.20. The molecular weight excluding hydrogens is 222 g/mol. The van der Waals surface area contributed by atoms with Crippen molar-refractivity contribution in [1.82, 2.24) is 0 Å². The summed E-state index contributed by atoms with van der Waals surface area (Å²) in [6.45, 7) is 3.78. The molecule has 1 aliphatic rings. The van der Waals surface area contributed by atoms with Gasteiger partial charge < -0.3 is 10.0 Å². The fourth-order valence-electron chi connectivity index (χ4n) is 2.90. The van der Waals surface area contributed by atoms with Crippen molar-refractivity contribution in [2.45, 2.75) is 51.5 Å². The van der Waals surface area contributed by atoms with Crippen LogP contribution in [-0.4, -0.2) is 24.3 Å². The summed E-state index contributed by atoms with van der Waals surface area (Å²) in [6, 6.07) is 9.65. The molecule has 2 nitrogen and oxygen atoms in total. The van der Waals surface area contributed by atoms with Crippen LogP contribution in [0.25, 0.3) is 0 Å². The Labute approximate surface area is 111 Å². The van der Waals surface area contributed by atoms with E-state index in [0.29, 0.717) is 0 Å². The molecule has 100 valence electrons. The van der Waals surface area contributed by atoms with Crippen molar-refractivity contribution in [3.63, 3.8) is 0 Å². The van der Waals surface area contributed by atoms with Crippen molar-refractivity contribution < 1.29 is 5.11 Å². The Kier molecular flexibility index (Phi) is 5.06. The second-order valence-corrected chi connectivity index (χ2v) is 5.24. The lowest BCUT2D eigenvalue weighted by atomic mass is 9.98. The van der Waals surface area contributed by atoms with E-state index in [1.54, 1.807) is 0 Å². The number of aryl methyl sites for hydroxylation is 1. The van der Waals surface area contributed by atoms with E-state index < -0.39 is 0 Å². The van der Waals surface area contributed by atoms with Gasteiger partial charge in [0.1, 0.15) is 0 Å². The molecule has 0 saturated carbocycles. The molecule has 1 aliphatic heterocycles. The van der Waals surface area contributed by atoms with E-state index in [0.717, 1.165) is 18.9 Å². The van der Waals surface area contributed by atoms with Gasteiger partial charge in [-0.05, 0) is 56.2 Å². The fraction of sp³-hybridized carbons (Fsp3) is 0.625. The number of piperidine rings is 1. The van der Waals surface area contributed by atoms with Gasteiger partial charge in [0, 0.05) is 24.9 Å². The Bertz CT molecular complexity index is 347. The molecule has 18 heavy (non-hydrogen) atoms. The van der Waals surface area contributed by atoms with E-state index in [1.807, 2.05) is 0 Å². The molecule has 1 aromatic rings. The van der Waals surface area contributed by atoms with E-state index in [4.69, 9.17) is 5.11 Å². The van der Waals surface area contributed by atoms with E-state index in [-0.39, 0.29) is 6.61 Å². The number of anilines is 1. The van der Waals surface area contributed by atoms with Gasteiger partial charge in [-0.15, -0.1) is 0 Å². The minimum Gasteiger partial charge on any atom is -0.396 e. The molecule has 0 bridgehead atoms. The molecule has 1 aromatic carbocycles. The maximum absolute atomic E-state index is 8.84. The third-order valence-electron chi connectivity index (χ3n) is 3.99. The normalized spacial score (nSPS) is 20.1. The first kappa shape index (κ1) is 13.4. The van der Waals surface area contributed by atoms with Gasteiger partial charge >= 0.3 is 0 Å².